The van der Waals surface area contributed by atoms with Crippen LogP contribution < -0.4 is 14.8 Å². The largest absolute Gasteiger partial charge is 0.493 e. The van der Waals surface area contributed by atoms with E-state index in [0.29, 0.717) is 6.61 Å². The Bertz CT molecular complexity index is 821. The number of ether oxygens (including phenoxy) is 2. The van der Waals surface area contributed by atoms with E-state index in [-0.39, 0.29) is 16.7 Å². The summed E-state index contributed by atoms with van der Waals surface area (Å²) in [7, 11) is 5.74. The highest BCUT2D eigenvalue weighted by atomic mass is 16.6. The second-order valence-corrected chi connectivity index (χ2v) is 7.19. The Kier molecular flexibility index (Phi) is 6.49. The zero-order chi connectivity index (χ0) is 20.1. The zero-order valence-corrected chi connectivity index (χ0v) is 16.6. The molecule has 0 saturated heterocycles. The molecule has 7 heteroatoms. The zero-order valence-electron chi connectivity index (χ0n) is 16.6. The molecule has 1 heterocycles. The van der Waals surface area contributed by atoms with Crippen LogP contribution in [0, 0.1) is 10.1 Å². The molecule has 1 aliphatic heterocycles. The molecular formula is C21H27N3O4. The number of fused-ring (bicyclic) bond motifs is 1. The monoisotopic (exact) mass is 385 g/mol. The third-order valence-corrected chi connectivity index (χ3v) is 4.92. The maximum atomic E-state index is 10.9. The van der Waals surface area contributed by atoms with Crippen LogP contribution >= 0.6 is 0 Å². The summed E-state index contributed by atoms with van der Waals surface area (Å²) in [5.41, 5.74) is 3.43. The Balaban J connectivity index is 1.86. The van der Waals surface area contributed by atoms with Crippen LogP contribution in [0.2, 0.25) is 0 Å². The number of hydrogen-bond acceptors (Lipinski definition) is 6. The van der Waals surface area contributed by atoms with Gasteiger partial charge in [-0.25, -0.2) is 0 Å². The first-order valence-corrected chi connectivity index (χ1v) is 9.45. The Morgan fingerprint density at radius 3 is 2.61 bits per heavy atom. The van der Waals surface area contributed by atoms with Crippen molar-refractivity contribution in [2.75, 3.05) is 40.9 Å². The second-order valence-electron chi connectivity index (χ2n) is 7.19. The summed E-state index contributed by atoms with van der Waals surface area (Å²) in [4.78, 5) is 12.7. The lowest BCUT2D eigenvalue weighted by atomic mass is 9.89. The van der Waals surface area contributed by atoms with E-state index in [2.05, 4.69) is 16.3 Å². The molecule has 7 nitrogen and oxygen atoms in total. The van der Waals surface area contributed by atoms with Crippen molar-refractivity contribution in [3.63, 3.8) is 0 Å². The van der Waals surface area contributed by atoms with E-state index in [0.717, 1.165) is 48.6 Å². The first-order chi connectivity index (χ1) is 13.5. The highest BCUT2D eigenvalue weighted by molar-refractivity contribution is 5.52. The van der Waals surface area contributed by atoms with Crippen LogP contribution in [0.25, 0.3) is 0 Å². The molecule has 0 bridgehead atoms. The molecule has 0 fully saturated rings. The van der Waals surface area contributed by atoms with Crippen molar-refractivity contribution in [3.05, 3.63) is 63.2 Å². The Hall–Kier alpha value is -2.64. The van der Waals surface area contributed by atoms with Crippen molar-refractivity contribution in [3.8, 4) is 11.5 Å². The molecule has 1 unspecified atom stereocenters. The van der Waals surface area contributed by atoms with Crippen molar-refractivity contribution >= 4 is 5.69 Å². The summed E-state index contributed by atoms with van der Waals surface area (Å²) in [6.45, 7) is 2.41. The normalized spacial score (nSPS) is 15.9. The van der Waals surface area contributed by atoms with Crippen molar-refractivity contribution < 1.29 is 14.4 Å². The van der Waals surface area contributed by atoms with Gasteiger partial charge in [0.1, 0.15) is 0 Å². The lowest BCUT2D eigenvalue weighted by Crippen LogP contribution is -2.30. The molecule has 2 aromatic rings. The van der Waals surface area contributed by atoms with Crippen LogP contribution in [0.15, 0.2) is 36.4 Å². The maximum absolute atomic E-state index is 10.9. The van der Waals surface area contributed by atoms with E-state index in [4.69, 9.17) is 9.47 Å². The molecule has 1 atom stereocenters. The Morgan fingerprint density at radius 2 is 1.96 bits per heavy atom. The molecule has 3 rings (SSSR count). The first-order valence-electron chi connectivity index (χ1n) is 9.45. The second kappa shape index (κ2) is 9.03. The Morgan fingerprint density at radius 1 is 1.21 bits per heavy atom. The van der Waals surface area contributed by atoms with Crippen LogP contribution in [-0.2, 0) is 6.42 Å². The summed E-state index contributed by atoms with van der Waals surface area (Å²) < 4.78 is 11.6. The smallest absolute Gasteiger partial charge is 0.269 e. The van der Waals surface area contributed by atoms with Gasteiger partial charge in [-0.1, -0.05) is 12.1 Å². The molecular weight excluding hydrogens is 358 g/mol. The van der Waals surface area contributed by atoms with Crippen molar-refractivity contribution in [2.45, 2.75) is 18.9 Å². The van der Waals surface area contributed by atoms with Gasteiger partial charge in [0.2, 0.25) is 0 Å². The molecule has 28 heavy (non-hydrogen) atoms. The number of methoxy groups -OCH3 is 1. The van der Waals surface area contributed by atoms with Crippen molar-refractivity contribution in [1.29, 1.82) is 0 Å². The standard InChI is InChI=1S/C21H27N3O4/c1-23(2)11-4-12-28-20-14-18-16(13-19(20)27-3)9-10-22-21(18)15-5-7-17(8-6-15)24(25)26/h5-8,13-14,21-22H,4,9-12H2,1-3H3. The molecule has 150 valence electrons. The fraction of sp³-hybridized carbons (Fsp3) is 0.429. The van der Waals surface area contributed by atoms with Crippen molar-refractivity contribution in [2.24, 2.45) is 0 Å². The van der Waals surface area contributed by atoms with Crippen LogP contribution in [0.3, 0.4) is 0 Å². The number of nitro groups is 1. The average molecular weight is 385 g/mol. The van der Waals surface area contributed by atoms with Gasteiger partial charge in [-0.2, -0.15) is 0 Å². The maximum Gasteiger partial charge on any atom is 0.269 e. The number of hydrogen-bond donors (Lipinski definition) is 1. The third kappa shape index (κ3) is 4.61. The van der Waals surface area contributed by atoms with E-state index in [1.54, 1.807) is 19.2 Å². The minimum Gasteiger partial charge on any atom is -0.493 e. The minimum atomic E-state index is -0.378. The molecule has 1 aliphatic rings. The van der Waals surface area contributed by atoms with E-state index < -0.39 is 0 Å². The number of non-ortho nitro benzene ring substituents is 1. The molecule has 0 amide bonds. The molecule has 0 saturated carbocycles. The molecule has 0 spiro atoms. The highest BCUT2D eigenvalue weighted by Crippen LogP contribution is 2.37. The number of rotatable bonds is 8. The van der Waals surface area contributed by atoms with E-state index in [9.17, 15) is 10.1 Å². The van der Waals surface area contributed by atoms with E-state index in [1.807, 2.05) is 32.3 Å². The van der Waals surface area contributed by atoms with Gasteiger partial charge >= 0.3 is 0 Å². The van der Waals surface area contributed by atoms with Crippen LogP contribution in [0.4, 0.5) is 5.69 Å². The van der Waals surface area contributed by atoms with Crippen LogP contribution in [0.5, 0.6) is 11.5 Å². The molecule has 0 aliphatic carbocycles. The summed E-state index contributed by atoms with van der Waals surface area (Å²) in [6.07, 6.45) is 1.83. The molecule has 1 N–H and O–H groups in total. The SMILES string of the molecule is COc1cc2c(cc1OCCCN(C)C)C(c1ccc([N+](=O)[O-])cc1)NCC2. The number of benzene rings is 2. The van der Waals surface area contributed by atoms with E-state index >= 15 is 0 Å². The number of nitrogens with one attached hydrogen (secondary N) is 1. The summed E-state index contributed by atoms with van der Waals surface area (Å²) >= 11 is 0. The van der Waals surface area contributed by atoms with Gasteiger partial charge in [-0.05, 0) is 55.8 Å². The number of nitrogens with zero attached hydrogens (tertiary/aromatic N) is 2. The summed E-state index contributed by atoms with van der Waals surface area (Å²) in [5, 5.41) is 14.4. The first kappa shape index (κ1) is 20.1. The third-order valence-electron chi connectivity index (χ3n) is 4.92. The summed E-state index contributed by atoms with van der Waals surface area (Å²) in [5.74, 6) is 1.48. The van der Waals surface area contributed by atoms with Gasteiger partial charge in [-0.3, -0.25) is 10.1 Å². The predicted molar refractivity (Wildman–Crippen MR) is 108 cm³/mol. The molecule has 2 aromatic carbocycles. The van der Waals surface area contributed by atoms with E-state index in [1.165, 1.54) is 5.56 Å². The lowest BCUT2D eigenvalue weighted by molar-refractivity contribution is -0.384. The van der Waals surface area contributed by atoms with Gasteiger partial charge in [0.25, 0.3) is 5.69 Å². The quantitative estimate of drug-likeness (QED) is 0.427. The molecule has 0 aromatic heterocycles. The van der Waals surface area contributed by atoms with Gasteiger partial charge in [0, 0.05) is 25.2 Å². The van der Waals surface area contributed by atoms with Gasteiger partial charge in [-0.15, -0.1) is 0 Å². The number of nitro benzene ring substituents is 1. The summed E-state index contributed by atoms with van der Waals surface area (Å²) in [6, 6.07) is 10.8. The minimum absolute atomic E-state index is 0.0282. The lowest BCUT2D eigenvalue weighted by Gasteiger charge is -2.28. The molecule has 0 radical (unpaired) electrons. The fourth-order valence-electron chi connectivity index (χ4n) is 3.49. The topological polar surface area (TPSA) is 76.9 Å². The van der Waals surface area contributed by atoms with Gasteiger partial charge in [0.05, 0.1) is 24.7 Å². The fourth-order valence-corrected chi connectivity index (χ4v) is 3.49. The Labute approximate surface area is 165 Å². The van der Waals surface area contributed by atoms with Gasteiger partial charge < -0.3 is 19.7 Å². The highest BCUT2D eigenvalue weighted by Gasteiger charge is 2.24. The average Bonchev–Trinajstić information content (AvgIpc) is 2.70. The van der Waals surface area contributed by atoms with Crippen molar-refractivity contribution in [1.82, 2.24) is 10.2 Å². The van der Waals surface area contributed by atoms with Crippen LogP contribution in [-0.4, -0.2) is 50.7 Å². The van der Waals surface area contributed by atoms with Crippen LogP contribution in [0.1, 0.15) is 29.2 Å². The predicted octanol–water partition coefficient (Wildman–Crippen LogP) is 3.17. The van der Waals surface area contributed by atoms with Gasteiger partial charge in [0.15, 0.2) is 11.5 Å².